The molecule has 8 nitrogen and oxygen atoms in total. The number of rotatable bonds is 8. The molecule has 1 heterocycles. The Bertz CT molecular complexity index is 1310. The second-order valence-electron chi connectivity index (χ2n) is 7.02. The zero-order valence-electron chi connectivity index (χ0n) is 17.6. The molecule has 0 spiro atoms. The Morgan fingerprint density at radius 3 is 2.50 bits per heavy atom. The molecule has 0 aliphatic heterocycles. The molecule has 0 atom stereocenters. The van der Waals surface area contributed by atoms with Gasteiger partial charge in [-0.1, -0.05) is 24.3 Å². The molecule has 0 unspecified atom stereocenters. The summed E-state index contributed by atoms with van der Waals surface area (Å²) in [5.41, 5.74) is 1.51. The summed E-state index contributed by atoms with van der Waals surface area (Å²) in [5.74, 6) is -0.114. The van der Waals surface area contributed by atoms with E-state index in [1.54, 1.807) is 54.3 Å². The van der Waals surface area contributed by atoms with Crippen LogP contribution in [-0.4, -0.2) is 36.4 Å². The summed E-state index contributed by atoms with van der Waals surface area (Å²) >= 11 is 0. The molecule has 1 aromatic heterocycles. The monoisotopic (exact) mass is 450 g/mol. The zero-order valence-corrected chi connectivity index (χ0v) is 18.5. The number of hydrogen-bond acceptors (Lipinski definition) is 6. The molecular formula is C23H22N4O4S. The van der Waals surface area contributed by atoms with Gasteiger partial charge < -0.3 is 5.32 Å². The van der Waals surface area contributed by atoms with Crippen molar-refractivity contribution in [3.63, 3.8) is 0 Å². The van der Waals surface area contributed by atoms with Crippen LogP contribution in [0, 0.1) is 0 Å². The second kappa shape index (κ2) is 9.52. The molecule has 32 heavy (non-hydrogen) atoms. The molecule has 3 aromatic rings. The first kappa shape index (κ1) is 22.8. The number of imidazole rings is 1. The zero-order chi connectivity index (χ0) is 23.3. The molecule has 0 aliphatic carbocycles. The van der Waals surface area contributed by atoms with Gasteiger partial charge in [-0.3, -0.25) is 14.2 Å². The van der Waals surface area contributed by atoms with Gasteiger partial charge >= 0.3 is 0 Å². The second-order valence-corrected chi connectivity index (χ2v) is 8.97. The van der Waals surface area contributed by atoms with Crippen molar-refractivity contribution in [3.05, 3.63) is 77.6 Å². The Morgan fingerprint density at radius 1 is 1.12 bits per heavy atom. The number of aromatic nitrogens is 2. The van der Waals surface area contributed by atoms with Crippen LogP contribution >= 0.6 is 0 Å². The third-order valence-electron chi connectivity index (χ3n) is 4.72. The van der Waals surface area contributed by atoms with E-state index in [1.807, 2.05) is 0 Å². The van der Waals surface area contributed by atoms with Gasteiger partial charge in [0.05, 0.1) is 9.79 Å². The van der Waals surface area contributed by atoms with Crippen molar-refractivity contribution in [2.24, 2.45) is 4.99 Å². The molecule has 9 heteroatoms. The highest BCUT2D eigenvalue weighted by Gasteiger charge is 2.18. The van der Waals surface area contributed by atoms with Crippen molar-refractivity contribution in [1.82, 2.24) is 14.9 Å². The SMILES string of the molecule is C=Nc1nccn1/C=C(\C)C(=O)NCc1ccc(S(=O)(=O)c2cccc(C(C)=O)c2)cc1. The third-order valence-corrected chi connectivity index (χ3v) is 6.49. The normalized spacial score (nSPS) is 11.8. The van der Waals surface area contributed by atoms with Gasteiger partial charge in [-0.15, -0.1) is 0 Å². The fraction of sp³-hybridized carbons (Fsp3) is 0.130. The number of sulfone groups is 1. The molecule has 1 N–H and O–H groups in total. The van der Waals surface area contributed by atoms with Gasteiger partial charge in [0.15, 0.2) is 5.78 Å². The maximum atomic E-state index is 12.9. The maximum absolute atomic E-state index is 12.9. The van der Waals surface area contributed by atoms with Crippen molar-refractivity contribution >= 4 is 40.4 Å². The Kier molecular flexibility index (Phi) is 6.79. The van der Waals surface area contributed by atoms with Crippen LogP contribution in [0.25, 0.3) is 6.20 Å². The van der Waals surface area contributed by atoms with Crippen molar-refractivity contribution < 1.29 is 18.0 Å². The molecule has 0 saturated carbocycles. The van der Waals surface area contributed by atoms with E-state index in [4.69, 9.17) is 0 Å². The molecule has 2 aromatic carbocycles. The van der Waals surface area contributed by atoms with Crippen LogP contribution in [0.3, 0.4) is 0 Å². The molecule has 3 rings (SSSR count). The smallest absolute Gasteiger partial charge is 0.248 e. The largest absolute Gasteiger partial charge is 0.348 e. The van der Waals surface area contributed by atoms with E-state index in [9.17, 15) is 18.0 Å². The van der Waals surface area contributed by atoms with Crippen LogP contribution < -0.4 is 5.32 Å². The van der Waals surface area contributed by atoms with E-state index in [0.29, 0.717) is 17.1 Å². The highest BCUT2D eigenvalue weighted by Crippen LogP contribution is 2.22. The summed E-state index contributed by atoms with van der Waals surface area (Å²) in [6.45, 7) is 6.69. The Balaban J connectivity index is 1.69. The van der Waals surface area contributed by atoms with Crippen molar-refractivity contribution in [2.45, 2.75) is 30.2 Å². The van der Waals surface area contributed by atoms with Gasteiger partial charge in [-0.05, 0) is 50.4 Å². The molecule has 1 amide bonds. The van der Waals surface area contributed by atoms with Crippen LogP contribution in [0.1, 0.15) is 29.8 Å². The van der Waals surface area contributed by atoms with Gasteiger partial charge in [0.1, 0.15) is 0 Å². The first-order valence-corrected chi connectivity index (χ1v) is 11.1. The Morgan fingerprint density at radius 2 is 1.84 bits per heavy atom. The van der Waals surface area contributed by atoms with Crippen LogP contribution in [0.15, 0.2) is 81.3 Å². The minimum absolute atomic E-state index is 0.0555. The quantitative estimate of drug-likeness (QED) is 0.321. The van der Waals surface area contributed by atoms with Gasteiger partial charge in [-0.25, -0.2) is 18.4 Å². The summed E-state index contributed by atoms with van der Waals surface area (Å²) in [6, 6.07) is 12.2. The number of aliphatic imine (C=N–C) groups is 1. The lowest BCUT2D eigenvalue weighted by molar-refractivity contribution is -0.117. The lowest BCUT2D eigenvalue weighted by Gasteiger charge is -2.09. The van der Waals surface area contributed by atoms with E-state index >= 15 is 0 Å². The first-order valence-electron chi connectivity index (χ1n) is 9.63. The molecule has 164 valence electrons. The fourth-order valence-corrected chi connectivity index (χ4v) is 4.23. The summed E-state index contributed by atoms with van der Waals surface area (Å²) < 4.78 is 27.3. The molecule has 0 fully saturated rings. The number of Topliss-reactive ketones (excluding diaryl/α,β-unsaturated/α-hetero) is 1. The van der Waals surface area contributed by atoms with Crippen LogP contribution in [0.5, 0.6) is 0 Å². The lowest BCUT2D eigenvalue weighted by Crippen LogP contribution is -2.23. The van der Waals surface area contributed by atoms with Crippen molar-refractivity contribution in [1.29, 1.82) is 0 Å². The number of carbonyl (C=O) groups is 2. The summed E-state index contributed by atoms with van der Waals surface area (Å²) in [7, 11) is -3.76. The molecule has 0 bridgehead atoms. The van der Waals surface area contributed by atoms with E-state index in [-0.39, 0.29) is 28.0 Å². The molecule has 0 radical (unpaired) electrons. The van der Waals surface area contributed by atoms with Crippen molar-refractivity contribution in [3.8, 4) is 0 Å². The lowest BCUT2D eigenvalue weighted by atomic mass is 10.2. The topological polar surface area (TPSA) is 110 Å². The van der Waals surface area contributed by atoms with Crippen molar-refractivity contribution in [2.75, 3.05) is 0 Å². The Hall–Kier alpha value is -3.85. The minimum atomic E-state index is -3.76. The number of nitrogens with zero attached hydrogens (tertiary/aromatic N) is 3. The van der Waals surface area contributed by atoms with E-state index in [1.165, 1.54) is 31.2 Å². The Labute approximate surface area is 186 Å². The van der Waals surface area contributed by atoms with Gasteiger partial charge in [-0.2, -0.15) is 0 Å². The van der Waals surface area contributed by atoms with Gasteiger partial charge in [0.25, 0.3) is 0 Å². The fourth-order valence-electron chi connectivity index (χ4n) is 2.92. The van der Waals surface area contributed by atoms with Crippen LogP contribution in [-0.2, 0) is 21.2 Å². The number of amides is 1. The average molecular weight is 451 g/mol. The highest BCUT2D eigenvalue weighted by molar-refractivity contribution is 7.91. The predicted molar refractivity (Wildman–Crippen MR) is 122 cm³/mol. The standard InChI is InChI=1S/C23H22N4O4S/c1-16(15-27-12-11-25-23(27)24-3)22(29)26-14-18-7-9-20(10-8-18)32(30,31)21-6-4-5-19(13-21)17(2)28/h4-13,15H,3,14H2,1-2H3,(H,26,29)/b16-15+. The average Bonchev–Trinajstić information content (AvgIpc) is 3.24. The number of nitrogens with one attached hydrogen (secondary N) is 1. The predicted octanol–water partition coefficient (Wildman–Crippen LogP) is 3.43. The number of carbonyl (C=O) groups excluding carboxylic acids is 2. The molecular weight excluding hydrogens is 428 g/mol. The first-order chi connectivity index (χ1) is 15.2. The molecule has 0 aliphatic rings. The van der Waals surface area contributed by atoms with E-state index in [2.05, 4.69) is 22.0 Å². The van der Waals surface area contributed by atoms with Gasteiger partial charge in [0, 0.05) is 36.3 Å². The molecule has 0 saturated heterocycles. The number of hydrogen-bond donors (Lipinski definition) is 1. The minimum Gasteiger partial charge on any atom is -0.348 e. The number of ketones is 1. The number of benzene rings is 2. The summed E-state index contributed by atoms with van der Waals surface area (Å²) in [4.78, 5) is 31.8. The summed E-state index contributed by atoms with van der Waals surface area (Å²) in [5, 5.41) is 2.78. The highest BCUT2D eigenvalue weighted by atomic mass is 32.2. The summed E-state index contributed by atoms with van der Waals surface area (Å²) in [6.07, 6.45) is 4.81. The van der Waals surface area contributed by atoms with Crippen LogP contribution in [0.2, 0.25) is 0 Å². The third kappa shape index (κ3) is 5.06. The maximum Gasteiger partial charge on any atom is 0.248 e. The van der Waals surface area contributed by atoms with E-state index < -0.39 is 9.84 Å². The van der Waals surface area contributed by atoms with Gasteiger partial charge in [0.2, 0.25) is 21.7 Å². The van der Waals surface area contributed by atoms with Crippen LogP contribution in [0.4, 0.5) is 5.95 Å². The van der Waals surface area contributed by atoms with E-state index in [0.717, 1.165) is 5.56 Å².